The van der Waals surface area contributed by atoms with Crippen molar-refractivity contribution >= 4 is 40.3 Å². The van der Waals surface area contributed by atoms with Crippen LogP contribution >= 0.6 is 22.6 Å². The number of rotatable bonds is 6. The molecule has 128 valence electrons. The molecule has 5 nitrogen and oxygen atoms in total. The molecule has 0 aliphatic carbocycles. The van der Waals surface area contributed by atoms with Crippen LogP contribution in [0.1, 0.15) is 40.5 Å². The minimum Gasteiger partial charge on any atom is -0.480 e. The van der Waals surface area contributed by atoms with E-state index in [0.717, 1.165) is 9.99 Å². The van der Waals surface area contributed by atoms with Crippen molar-refractivity contribution in [1.29, 1.82) is 0 Å². The van der Waals surface area contributed by atoms with Gasteiger partial charge in [0.25, 0.3) is 0 Å². The summed E-state index contributed by atoms with van der Waals surface area (Å²) in [5, 5.41) is 14.5. The summed E-state index contributed by atoms with van der Waals surface area (Å²) in [7, 11) is 0. The molecular weight excluding hydrogens is 407 g/mol. The van der Waals surface area contributed by atoms with Crippen molar-refractivity contribution in [2.45, 2.75) is 46.6 Å². The number of carboxylic acids is 1. The molecule has 0 aliphatic rings. The smallest absolute Gasteiger partial charge is 0.326 e. The number of carbonyl (C=O) groups excluding carboxylic acids is 1. The van der Waals surface area contributed by atoms with Crippen molar-refractivity contribution in [2.75, 3.05) is 5.32 Å². The van der Waals surface area contributed by atoms with Crippen LogP contribution in [0.15, 0.2) is 24.3 Å². The number of amides is 2. The third kappa shape index (κ3) is 8.20. The van der Waals surface area contributed by atoms with Crippen molar-refractivity contribution in [3.05, 3.63) is 27.8 Å². The Balaban J connectivity index is 2.59. The minimum atomic E-state index is -1.01. The number of carboxylic acid groups (broad SMARTS) is 1. The summed E-state index contributed by atoms with van der Waals surface area (Å²) < 4.78 is 1.06. The molecule has 6 heteroatoms. The third-order valence-electron chi connectivity index (χ3n) is 3.30. The number of anilines is 1. The largest absolute Gasteiger partial charge is 0.480 e. The van der Waals surface area contributed by atoms with Crippen LogP contribution in [0.2, 0.25) is 0 Å². The molecule has 2 amide bonds. The molecule has 1 unspecified atom stereocenters. The number of halogens is 1. The highest BCUT2D eigenvalue weighted by Crippen LogP contribution is 2.26. The monoisotopic (exact) mass is 432 g/mol. The average molecular weight is 432 g/mol. The highest BCUT2D eigenvalue weighted by Gasteiger charge is 2.25. The van der Waals surface area contributed by atoms with Gasteiger partial charge < -0.3 is 15.7 Å². The Kier molecular flexibility index (Phi) is 7.31. The number of nitrogens with one attached hydrogen (secondary N) is 2. The number of urea groups is 1. The second kappa shape index (κ2) is 8.52. The maximum Gasteiger partial charge on any atom is 0.326 e. The molecule has 0 saturated heterocycles. The summed E-state index contributed by atoms with van der Waals surface area (Å²) in [5.74, 6) is -0.807. The van der Waals surface area contributed by atoms with Crippen LogP contribution in [0.4, 0.5) is 10.5 Å². The van der Waals surface area contributed by atoms with Crippen molar-refractivity contribution in [2.24, 2.45) is 11.3 Å². The van der Waals surface area contributed by atoms with Gasteiger partial charge in [-0.3, -0.25) is 0 Å². The third-order valence-corrected chi connectivity index (χ3v) is 4.02. The predicted octanol–water partition coefficient (Wildman–Crippen LogP) is 4.33. The van der Waals surface area contributed by atoms with E-state index in [0.29, 0.717) is 12.1 Å². The van der Waals surface area contributed by atoms with Gasteiger partial charge in [-0.2, -0.15) is 0 Å². The number of hydrogen-bond acceptors (Lipinski definition) is 2. The fourth-order valence-corrected chi connectivity index (χ4v) is 2.97. The van der Waals surface area contributed by atoms with Gasteiger partial charge in [0, 0.05) is 9.26 Å². The normalized spacial score (nSPS) is 14.0. The fraction of sp³-hybridized carbons (Fsp3) is 0.529. The molecule has 2 atom stereocenters. The van der Waals surface area contributed by atoms with E-state index in [1.54, 1.807) is 12.1 Å². The molecule has 23 heavy (non-hydrogen) atoms. The van der Waals surface area contributed by atoms with Crippen LogP contribution in [0.3, 0.4) is 0 Å². The molecule has 0 fully saturated rings. The molecule has 1 aromatic carbocycles. The van der Waals surface area contributed by atoms with Crippen molar-refractivity contribution in [3.63, 3.8) is 0 Å². The SMILES string of the molecule is CC(C[C@H](NC(=O)Nc1ccc(I)cc1)C(=O)O)CC(C)(C)C. The van der Waals surface area contributed by atoms with E-state index in [1.165, 1.54) is 0 Å². The van der Waals surface area contributed by atoms with E-state index < -0.39 is 18.0 Å². The van der Waals surface area contributed by atoms with Crippen molar-refractivity contribution in [3.8, 4) is 0 Å². The molecule has 1 aromatic rings. The zero-order valence-electron chi connectivity index (χ0n) is 14.0. The van der Waals surface area contributed by atoms with Gasteiger partial charge in [0.15, 0.2) is 0 Å². The Hall–Kier alpha value is -1.31. The van der Waals surface area contributed by atoms with E-state index >= 15 is 0 Å². The highest BCUT2D eigenvalue weighted by molar-refractivity contribution is 14.1. The number of aliphatic carboxylic acids is 1. The quantitative estimate of drug-likeness (QED) is 0.586. The van der Waals surface area contributed by atoms with Gasteiger partial charge in [-0.05, 0) is 71.0 Å². The first-order valence-electron chi connectivity index (χ1n) is 7.63. The van der Waals surface area contributed by atoms with Gasteiger partial charge in [0.2, 0.25) is 0 Å². The number of benzene rings is 1. The van der Waals surface area contributed by atoms with Crippen LogP contribution in [0.5, 0.6) is 0 Å². The molecule has 0 radical (unpaired) electrons. The van der Waals surface area contributed by atoms with Gasteiger partial charge in [0.1, 0.15) is 6.04 Å². The van der Waals surface area contributed by atoms with Crippen LogP contribution in [-0.2, 0) is 4.79 Å². The van der Waals surface area contributed by atoms with Gasteiger partial charge in [-0.15, -0.1) is 0 Å². The lowest BCUT2D eigenvalue weighted by Crippen LogP contribution is -2.44. The number of carbonyl (C=O) groups is 2. The Morgan fingerprint density at radius 1 is 1.22 bits per heavy atom. The molecule has 0 heterocycles. The van der Waals surface area contributed by atoms with Crippen LogP contribution in [0.25, 0.3) is 0 Å². The van der Waals surface area contributed by atoms with E-state index in [9.17, 15) is 14.7 Å². The van der Waals surface area contributed by atoms with E-state index in [4.69, 9.17) is 0 Å². The van der Waals surface area contributed by atoms with Gasteiger partial charge in [-0.1, -0.05) is 27.7 Å². The fourth-order valence-electron chi connectivity index (χ4n) is 2.61. The highest BCUT2D eigenvalue weighted by atomic mass is 127. The summed E-state index contributed by atoms with van der Waals surface area (Å²) in [4.78, 5) is 23.4. The average Bonchev–Trinajstić information content (AvgIpc) is 2.38. The lowest BCUT2D eigenvalue weighted by molar-refractivity contribution is -0.139. The Bertz CT molecular complexity index is 538. The lowest BCUT2D eigenvalue weighted by Gasteiger charge is -2.25. The first-order chi connectivity index (χ1) is 10.6. The molecule has 3 N–H and O–H groups in total. The van der Waals surface area contributed by atoms with E-state index in [-0.39, 0.29) is 11.3 Å². The zero-order valence-corrected chi connectivity index (χ0v) is 16.2. The molecule has 1 rings (SSSR count). The first-order valence-corrected chi connectivity index (χ1v) is 8.70. The second-order valence-electron chi connectivity index (χ2n) is 7.10. The second-order valence-corrected chi connectivity index (χ2v) is 8.35. The Morgan fingerprint density at radius 3 is 2.26 bits per heavy atom. The van der Waals surface area contributed by atoms with E-state index in [1.807, 2.05) is 19.1 Å². The molecule has 0 bridgehead atoms. The summed E-state index contributed by atoms with van der Waals surface area (Å²) >= 11 is 2.18. The standard InChI is InChI=1S/C17H25IN2O3/c1-11(10-17(2,3)4)9-14(15(21)22)20-16(23)19-13-7-5-12(18)6-8-13/h5-8,11,14H,9-10H2,1-4H3,(H,21,22)(H2,19,20,23)/t11?,14-/m0/s1. The van der Waals surface area contributed by atoms with Gasteiger partial charge >= 0.3 is 12.0 Å². The topological polar surface area (TPSA) is 78.4 Å². The van der Waals surface area contributed by atoms with Crippen LogP contribution < -0.4 is 10.6 Å². The Labute approximate surface area is 151 Å². The summed E-state index contributed by atoms with van der Waals surface area (Å²) in [5.41, 5.74) is 0.765. The number of hydrogen-bond donors (Lipinski definition) is 3. The predicted molar refractivity (Wildman–Crippen MR) is 101 cm³/mol. The lowest BCUT2D eigenvalue weighted by atomic mass is 9.83. The van der Waals surface area contributed by atoms with Crippen LogP contribution in [-0.4, -0.2) is 23.1 Å². The summed E-state index contributed by atoms with van der Waals surface area (Å²) in [6.45, 7) is 8.38. The van der Waals surface area contributed by atoms with Crippen molar-refractivity contribution < 1.29 is 14.7 Å². The minimum absolute atomic E-state index is 0.131. The van der Waals surface area contributed by atoms with Gasteiger partial charge in [-0.25, -0.2) is 9.59 Å². The Morgan fingerprint density at radius 2 is 1.78 bits per heavy atom. The molecular formula is C17H25IN2O3. The maximum atomic E-state index is 12.0. The van der Waals surface area contributed by atoms with Gasteiger partial charge in [0.05, 0.1) is 0 Å². The summed E-state index contributed by atoms with van der Waals surface area (Å²) in [6, 6.07) is 5.91. The van der Waals surface area contributed by atoms with Crippen molar-refractivity contribution in [1.82, 2.24) is 5.32 Å². The summed E-state index contributed by atoms with van der Waals surface area (Å²) in [6.07, 6.45) is 1.31. The molecule has 0 spiro atoms. The molecule has 0 aromatic heterocycles. The first kappa shape index (κ1) is 19.7. The van der Waals surface area contributed by atoms with E-state index in [2.05, 4.69) is 54.0 Å². The van der Waals surface area contributed by atoms with Crippen LogP contribution in [0, 0.1) is 14.9 Å². The molecule has 0 saturated carbocycles. The maximum absolute atomic E-state index is 12.0. The molecule has 0 aliphatic heterocycles. The zero-order chi connectivity index (χ0) is 17.6.